The zero-order valence-electron chi connectivity index (χ0n) is 19.2. The maximum Gasteiger partial charge on any atom is 0.261 e. The number of thiazole rings is 1. The number of nitrogens with zero attached hydrogens (tertiary/aromatic N) is 3. The fourth-order valence-corrected chi connectivity index (χ4v) is 5.71. The van der Waals surface area contributed by atoms with Gasteiger partial charge in [-0.05, 0) is 49.3 Å². The van der Waals surface area contributed by atoms with Gasteiger partial charge in [-0.3, -0.25) is 9.69 Å². The number of carbonyl (C=O) groups is 1. The molecule has 0 aliphatic rings. The Hall–Kier alpha value is -2.29. The molecule has 3 aromatic rings. The van der Waals surface area contributed by atoms with Crippen LogP contribution < -0.4 is 4.90 Å². The van der Waals surface area contributed by atoms with Crippen LogP contribution in [0, 0.1) is 0 Å². The lowest BCUT2D eigenvalue weighted by Gasteiger charge is -2.25. The number of benzene rings is 2. The predicted octanol–water partition coefficient (Wildman–Crippen LogP) is 4.64. The molecule has 1 heterocycles. The Balaban J connectivity index is 2.07. The molecule has 0 radical (unpaired) electrons. The Labute approximate surface area is 194 Å². The summed E-state index contributed by atoms with van der Waals surface area (Å²) >= 11 is 1.47. The van der Waals surface area contributed by atoms with Crippen molar-refractivity contribution in [1.29, 1.82) is 0 Å². The molecule has 0 saturated heterocycles. The minimum Gasteiger partial charge on any atom is -0.302 e. The molecule has 0 unspecified atom stereocenters. The van der Waals surface area contributed by atoms with Crippen LogP contribution in [0.1, 0.15) is 43.6 Å². The minimum atomic E-state index is -3.54. The third-order valence-electron chi connectivity index (χ3n) is 5.69. The van der Waals surface area contributed by atoms with E-state index in [1.165, 1.54) is 23.0 Å². The first-order valence-electron chi connectivity index (χ1n) is 11.1. The largest absolute Gasteiger partial charge is 0.302 e. The second kappa shape index (κ2) is 10.6. The zero-order valence-corrected chi connectivity index (χ0v) is 20.8. The summed E-state index contributed by atoms with van der Waals surface area (Å²) in [6.07, 6.45) is 0.927. The highest BCUT2D eigenvalue weighted by atomic mass is 32.2. The average Bonchev–Trinajstić information content (AvgIpc) is 3.24. The minimum absolute atomic E-state index is 0.0579. The van der Waals surface area contributed by atoms with Crippen LogP contribution in [0.2, 0.25) is 0 Å². The molecule has 0 saturated carbocycles. The van der Waals surface area contributed by atoms with Crippen molar-refractivity contribution in [1.82, 2.24) is 9.88 Å². The SMILES string of the molecule is CCc1ccc2nc(N(CCN(CC)CC)C(=O)c3ccccc3S(=O)(=O)CC)sc2c1. The number of anilines is 1. The van der Waals surface area contributed by atoms with Crippen molar-refractivity contribution in [3.05, 3.63) is 53.6 Å². The van der Waals surface area contributed by atoms with Crippen molar-refractivity contribution >= 4 is 42.4 Å². The molecule has 6 nitrogen and oxygen atoms in total. The van der Waals surface area contributed by atoms with E-state index in [9.17, 15) is 13.2 Å². The van der Waals surface area contributed by atoms with Crippen LogP contribution in [-0.2, 0) is 16.3 Å². The van der Waals surface area contributed by atoms with E-state index in [-0.39, 0.29) is 22.1 Å². The van der Waals surface area contributed by atoms with E-state index in [1.54, 1.807) is 30.0 Å². The highest BCUT2D eigenvalue weighted by Crippen LogP contribution is 2.31. The molecule has 0 atom stereocenters. The van der Waals surface area contributed by atoms with Crippen molar-refractivity contribution in [2.24, 2.45) is 0 Å². The van der Waals surface area contributed by atoms with Gasteiger partial charge in [0.05, 0.1) is 26.4 Å². The smallest absolute Gasteiger partial charge is 0.261 e. The van der Waals surface area contributed by atoms with E-state index in [0.717, 1.165) is 29.7 Å². The van der Waals surface area contributed by atoms with Gasteiger partial charge in [0.2, 0.25) is 0 Å². The molecular formula is C24H31N3O3S2. The summed E-state index contributed by atoms with van der Waals surface area (Å²) in [7, 11) is -3.54. The summed E-state index contributed by atoms with van der Waals surface area (Å²) in [4.78, 5) is 22.4. The summed E-state index contributed by atoms with van der Waals surface area (Å²) in [5.41, 5.74) is 2.26. The average molecular weight is 474 g/mol. The molecule has 0 fully saturated rings. The van der Waals surface area contributed by atoms with Crippen LogP contribution in [0.4, 0.5) is 5.13 Å². The molecule has 0 N–H and O–H groups in total. The molecule has 32 heavy (non-hydrogen) atoms. The van der Waals surface area contributed by atoms with E-state index < -0.39 is 9.84 Å². The molecule has 2 aromatic carbocycles. The van der Waals surface area contributed by atoms with Crippen molar-refractivity contribution < 1.29 is 13.2 Å². The van der Waals surface area contributed by atoms with Gasteiger partial charge in [0.15, 0.2) is 15.0 Å². The molecule has 3 rings (SSSR count). The lowest BCUT2D eigenvalue weighted by Crippen LogP contribution is -2.39. The maximum absolute atomic E-state index is 13.7. The number of amides is 1. The molecule has 0 spiro atoms. The molecule has 1 aromatic heterocycles. The van der Waals surface area contributed by atoms with Gasteiger partial charge in [-0.15, -0.1) is 0 Å². The molecule has 0 bridgehead atoms. The van der Waals surface area contributed by atoms with Gasteiger partial charge in [-0.2, -0.15) is 0 Å². The van der Waals surface area contributed by atoms with Gasteiger partial charge >= 0.3 is 0 Å². The number of hydrogen-bond acceptors (Lipinski definition) is 6. The quantitative estimate of drug-likeness (QED) is 0.429. The summed E-state index contributed by atoms with van der Waals surface area (Å²) < 4.78 is 26.3. The molecular weight excluding hydrogens is 442 g/mol. The molecule has 0 aliphatic heterocycles. The lowest BCUT2D eigenvalue weighted by atomic mass is 10.2. The Morgan fingerprint density at radius 2 is 1.72 bits per heavy atom. The normalized spacial score (nSPS) is 11.9. The number of fused-ring (bicyclic) bond motifs is 1. The van der Waals surface area contributed by atoms with Crippen molar-refractivity contribution in [2.75, 3.05) is 36.8 Å². The lowest BCUT2D eigenvalue weighted by molar-refractivity contribution is 0.0980. The number of sulfone groups is 1. The summed E-state index contributed by atoms with van der Waals surface area (Å²) in [6, 6.07) is 12.6. The third-order valence-corrected chi connectivity index (χ3v) is 8.52. The third kappa shape index (κ3) is 5.19. The van der Waals surface area contributed by atoms with E-state index in [4.69, 9.17) is 4.98 Å². The van der Waals surface area contributed by atoms with Gasteiger partial charge in [-0.1, -0.05) is 57.2 Å². The van der Waals surface area contributed by atoms with E-state index in [0.29, 0.717) is 18.2 Å². The number of carbonyl (C=O) groups excluding carboxylic acids is 1. The van der Waals surface area contributed by atoms with Gasteiger partial charge in [-0.25, -0.2) is 13.4 Å². The fourth-order valence-electron chi connectivity index (χ4n) is 3.57. The molecule has 1 amide bonds. The van der Waals surface area contributed by atoms with Gasteiger partial charge in [0.1, 0.15) is 0 Å². The molecule has 0 aliphatic carbocycles. The first-order chi connectivity index (χ1) is 15.3. The zero-order chi connectivity index (χ0) is 23.3. The Morgan fingerprint density at radius 3 is 2.38 bits per heavy atom. The van der Waals surface area contributed by atoms with Crippen molar-refractivity contribution in [2.45, 2.75) is 39.0 Å². The Morgan fingerprint density at radius 1 is 1.00 bits per heavy atom. The van der Waals surface area contributed by atoms with Crippen molar-refractivity contribution in [3.8, 4) is 0 Å². The Kier molecular flexibility index (Phi) is 8.03. The van der Waals surface area contributed by atoms with Crippen LogP contribution in [0.5, 0.6) is 0 Å². The van der Waals surface area contributed by atoms with Crippen molar-refractivity contribution in [3.63, 3.8) is 0 Å². The van der Waals surface area contributed by atoms with Crippen LogP contribution in [0.3, 0.4) is 0 Å². The van der Waals surface area contributed by atoms with Crippen LogP contribution >= 0.6 is 11.3 Å². The standard InChI is InChI=1S/C24H31N3O3S2/c1-5-18-13-14-20-21(17-18)31-24(25-20)27(16-15-26(6-2)7-3)23(28)19-11-9-10-12-22(19)32(29,30)8-4/h9-14,17H,5-8,15-16H2,1-4H3. The van der Waals surface area contributed by atoms with E-state index in [1.807, 2.05) is 6.07 Å². The highest BCUT2D eigenvalue weighted by molar-refractivity contribution is 7.91. The topological polar surface area (TPSA) is 70.6 Å². The number of likely N-dealkylation sites (N-methyl/N-ethyl adjacent to an activating group) is 1. The number of aryl methyl sites for hydroxylation is 1. The second-order valence-corrected chi connectivity index (χ2v) is 10.8. The van der Waals surface area contributed by atoms with Crippen LogP contribution in [0.15, 0.2) is 47.4 Å². The predicted molar refractivity (Wildman–Crippen MR) is 133 cm³/mol. The summed E-state index contributed by atoms with van der Waals surface area (Å²) in [6.45, 7) is 10.7. The van der Waals surface area contributed by atoms with Crippen LogP contribution in [0.25, 0.3) is 10.2 Å². The number of rotatable bonds is 10. The fraction of sp³-hybridized carbons (Fsp3) is 0.417. The number of aromatic nitrogens is 1. The maximum atomic E-state index is 13.7. The number of hydrogen-bond donors (Lipinski definition) is 0. The molecule has 172 valence electrons. The van der Waals surface area contributed by atoms with E-state index >= 15 is 0 Å². The monoisotopic (exact) mass is 473 g/mol. The van der Waals surface area contributed by atoms with Gasteiger partial charge < -0.3 is 4.90 Å². The Bertz CT molecular complexity index is 1180. The second-order valence-electron chi connectivity index (χ2n) is 7.54. The molecule has 8 heteroatoms. The summed E-state index contributed by atoms with van der Waals surface area (Å²) in [5.74, 6) is -0.392. The summed E-state index contributed by atoms with van der Waals surface area (Å²) in [5, 5.41) is 0.592. The highest BCUT2D eigenvalue weighted by Gasteiger charge is 2.27. The van der Waals surface area contributed by atoms with Gasteiger partial charge in [0.25, 0.3) is 5.91 Å². The first kappa shape index (κ1) is 24.4. The van der Waals surface area contributed by atoms with E-state index in [2.05, 4.69) is 37.8 Å². The first-order valence-corrected chi connectivity index (χ1v) is 13.6. The van der Waals surface area contributed by atoms with Crippen LogP contribution in [-0.4, -0.2) is 56.1 Å². The van der Waals surface area contributed by atoms with Gasteiger partial charge in [0, 0.05) is 13.1 Å².